The van der Waals surface area contributed by atoms with E-state index in [4.69, 9.17) is 9.47 Å². The molecule has 0 aromatic heterocycles. The largest absolute Gasteiger partial charge is 0.463 e. The number of hydrogen-bond donors (Lipinski definition) is 1. The maximum Gasteiger partial charge on any atom is 0.330 e. The number of β-amino-alcohol motifs (C(OH)–C–C–N with tert-alkyl or cyclic N) is 1. The van der Waals surface area contributed by atoms with Crippen LogP contribution >= 0.6 is 0 Å². The zero-order valence-corrected chi connectivity index (χ0v) is 21.6. The first-order valence-electron chi connectivity index (χ1n) is 12.6. The van der Waals surface area contributed by atoms with Crippen LogP contribution in [0.1, 0.15) is 60.6 Å². The van der Waals surface area contributed by atoms with Gasteiger partial charge < -0.3 is 14.6 Å². The summed E-state index contributed by atoms with van der Waals surface area (Å²) in [6.07, 6.45) is 4.16. The molecule has 196 valence electrons. The monoisotopic (exact) mass is 501 g/mol. The molecule has 1 aliphatic rings. The fourth-order valence-corrected chi connectivity index (χ4v) is 4.65. The maximum atomic E-state index is 14.9. The molecule has 3 atom stereocenters. The fraction of sp³-hybridized carbons (Fsp3) is 0.483. The summed E-state index contributed by atoms with van der Waals surface area (Å²) in [6, 6.07) is 9.05. The molecule has 0 amide bonds. The average molecular weight is 502 g/mol. The first kappa shape index (κ1) is 28.0. The molecule has 2 aromatic rings. The lowest BCUT2D eigenvalue weighted by atomic mass is 9.99. The number of carbonyl (C=O) groups excluding carboxylic acids is 1. The molecular formula is C29H37F2NO4. The zero-order valence-electron chi connectivity index (χ0n) is 21.6. The standard InChI is InChI=1S/C29H37F2NO4/c1-5-35-28(34)13-12-26-25(11-9-20(3)29(26)31)21(4)36-18-24(33)17-32-14-6-7-23(32)15-22-10-8-19(2)27(30)16-22/h8-13,16,21,23-24,33H,5-7,14-15,17-18H2,1-4H3/b13-12+/t21-,23+,24-/m1/s1. The normalized spacial score (nSPS) is 18.0. The van der Waals surface area contributed by atoms with Crippen molar-refractivity contribution in [2.75, 3.05) is 26.3 Å². The molecule has 7 heteroatoms. The van der Waals surface area contributed by atoms with Crippen molar-refractivity contribution in [1.82, 2.24) is 4.90 Å². The van der Waals surface area contributed by atoms with Crippen LogP contribution in [0.25, 0.3) is 6.08 Å². The third-order valence-corrected chi connectivity index (χ3v) is 6.71. The van der Waals surface area contributed by atoms with Crippen LogP contribution in [0.4, 0.5) is 8.78 Å². The molecule has 1 heterocycles. The van der Waals surface area contributed by atoms with Crippen molar-refractivity contribution in [3.63, 3.8) is 0 Å². The number of esters is 1. The summed E-state index contributed by atoms with van der Waals surface area (Å²) in [6.45, 7) is 8.56. The van der Waals surface area contributed by atoms with E-state index in [1.165, 1.54) is 12.2 Å². The number of ether oxygens (including phenoxy) is 2. The second kappa shape index (κ2) is 13.1. The van der Waals surface area contributed by atoms with Crippen LogP contribution in [0.15, 0.2) is 36.4 Å². The number of aliphatic hydroxyl groups excluding tert-OH is 1. The lowest BCUT2D eigenvalue weighted by molar-refractivity contribution is -0.137. The molecule has 3 rings (SSSR count). The van der Waals surface area contributed by atoms with Crippen molar-refractivity contribution in [3.8, 4) is 0 Å². The molecule has 0 unspecified atom stereocenters. The van der Waals surface area contributed by atoms with Gasteiger partial charge in [-0.05, 0) is 87.9 Å². The van der Waals surface area contributed by atoms with E-state index < -0.39 is 24.0 Å². The molecular weight excluding hydrogens is 464 g/mol. The maximum absolute atomic E-state index is 14.9. The van der Waals surface area contributed by atoms with E-state index in [9.17, 15) is 18.7 Å². The van der Waals surface area contributed by atoms with Gasteiger partial charge in [-0.1, -0.05) is 24.3 Å². The number of hydrogen-bond acceptors (Lipinski definition) is 5. The highest BCUT2D eigenvalue weighted by atomic mass is 19.1. The molecule has 0 bridgehead atoms. The quantitative estimate of drug-likeness (QED) is 0.334. The van der Waals surface area contributed by atoms with Crippen LogP contribution in [0.5, 0.6) is 0 Å². The van der Waals surface area contributed by atoms with E-state index in [1.807, 2.05) is 6.07 Å². The second-order valence-corrected chi connectivity index (χ2v) is 9.49. The van der Waals surface area contributed by atoms with Gasteiger partial charge in [-0.3, -0.25) is 4.90 Å². The minimum atomic E-state index is -0.725. The molecule has 0 spiro atoms. The van der Waals surface area contributed by atoms with Gasteiger partial charge in [0.2, 0.25) is 0 Å². The molecule has 0 saturated carbocycles. The van der Waals surface area contributed by atoms with Crippen molar-refractivity contribution in [2.45, 2.75) is 65.2 Å². The number of aryl methyl sites for hydroxylation is 2. The van der Waals surface area contributed by atoms with E-state index in [0.29, 0.717) is 23.2 Å². The number of halogens is 2. The highest BCUT2D eigenvalue weighted by Crippen LogP contribution is 2.28. The third kappa shape index (κ3) is 7.45. The average Bonchev–Trinajstić information content (AvgIpc) is 3.27. The van der Waals surface area contributed by atoms with Crippen LogP contribution in [0.3, 0.4) is 0 Å². The Balaban J connectivity index is 1.59. The highest BCUT2D eigenvalue weighted by Gasteiger charge is 2.27. The van der Waals surface area contributed by atoms with Gasteiger partial charge >= 0.3 is 5.97 Å². The third-order valence-electron chi connectivity index (χ3n) is 6.71. The van der Waals surface area contributed by atoms with Crippen molar-refractivity contribution >= 4 is 12.0 Å². The predicted molar refractivity (Wildman–Crippen MR) is 137 cm³/mol. The van der Waals surface area contributed by atoms with E-state index in [1.54, 1.807) is 52.0 Å². The van der Waals surface area contributed by atoms with Crippen LogP contribution in [-0.2, 0) is 20.7 Å². The number of carbonyl (C=O) groups is 1. The van der Waals surface area contributed by atoms with Gasteiger partial charge in [-0.2, -0.15) is 0 Å². The van der Waals surface area contributed by atoms with Gasteiger partial charge in [0.15, 0.2) is 0 Å². The van der Waals surface area contributed by atoms with Crippen LogP contribution in [-0.4, -0.2) is 54.4 Å². The van der Waals surface area contributed by atoms with Gasteiger partial charge in [-0.25, -0.2) is 13.6 Å². The summed E-state index contributed by atoms with van der Waals surface area (Å²) >= 11 is 0. The Morgan fingerprint density at radius 3 is 2.69 bits per heavy atom. The summed E-state index contributed by atoms with van der Waals surface area (Å²) in [4.78, 5) is 14.0. The van der Waals surface area contributed by atoms with Gasteiger partial charge in [0.25, 0.3) is 0 Å². The Bertz CT molecular complexity index is 1070. The van der Waals surface area contributed by atoms with E-state index in [-0.39, 0.29) is 30.6 Å². The van der Waals surface area contributed by atoms with E-state index in [0.717, 1.165) is 31.4 Å². The smallest absolute Gasteiger partial charge is 0.330 e. The summed E-state index contributed by atoms with van der Waals surface area (Å²) in [5.74, 6) is -1.15. The lowest BCUT2D eigenvalue weighted by Gasteiger charge is -2.27. The number of aliphatic hydroxyl groups is 1. The molecule has 1 N–H and O–H groups in total. The fourth-order valence-electron chi connectivity index (χ4n) is 4.65. The number of nitrogens with zero attached hydrogens (tertiary/aromatic N) is 1. The van der Waals surface area contributed by atoms with Crippen molar-refractivity contribution in [2.24, 2.45) is 0 Å². The topological polar surface area (TPSA) is 59.0 Å². The van der Waals surface area contributed by atoms with Gasteiger partial charge in [-0.15, -0.1) is 0 Å². The minimum Gasteiger partial charge on any atom is -0.463 e. The molecule has 2 aromatic carbocycles. The summed E-state index contributed by atoms with van der Waals surface area (Å²) in [7, 11) is 0. The van der Waals surface area contributed by atoms with Crippen molar-refractivity contribution in [1.29, 1.82) is 0 Å². The first-order chi connectivity index (χ1) is 17.2. The molecule has 36 heavy (non-hydrogen) atoms. The van der Waals surface area contributed by atoms with Crippen LogP contribution < -0.4 is 0 Å². The Kier molecular flexibility index (Phi) is 10.2. The second-order valence-electron chi connectivity index (χ2n) is 9.49. The predicted octanol–water partition coefficient (Wildman–Crippen LogP) is 5.30. The van der Waals surface area contributed by atoms with Crippen LogP contribution in [0.2, 0.25) is 0 Å². The lowest BCUT2D eigenvalue weighted by Crippen LogP contribution is -2.39. The van der Waals surface area contributed by atoms with Crippen molar-refractivity contribution < 1.29 is 28.2 Å². The number of likely N-dealkylation sites (tertiary alicyclic amines) is 1. The number of rotatable bonds is 11. The Labute approximate surface area is 212 Å². The minimum absolute atomic E-state index is 0.0834. The molecule has 1 fully saturated rings. The van der Waals surface area contributed by atoms with E-state index >= 15 is 0 Å². The Hall–Kier alpha value is -2.61. The molecule has 5 nitrogen and oxygen atoms in total. The van der Waals surface area contributed by atoms with E-state index in [2.05, 4.69) is 4.90 Å². The first-order valence-corrected chi connectivity index (χ1v) is 12.6. The molecule has 1 saturated heterocycles. The van der Waals surface area contributed by atoms with Gasteiger partial charge in [0.05, 0.1) is 25.4 Å². The summed E-state index contributed by atoms with van der Waals surface area (Å²) < 4.78 is 39.6. The summed E-state index contributed by atoms with van der Waals surface area (Å²) in [5.41, 5.74) is 2.92. The Morgan fingerprint density at radius 2 is 1.97 bits per heavy atom. The molecule has 1 aliphatic heterocycles. The Morgan fingerprint density at radius 1 is 1.22 bits per heavy atom. The van der Waals surface area contributed by atoms with Crippen molar-refractivity contribution in [3.05, 3.63) is 75.9 Å². The summed E-state index contributed by atoms with van der Waals surface area (Å²) in [5, 5.41) is 10.7. The zero-order chi connectivity index (χ0) is 26.2. The number of benzene rings is 2. The van der Waals surface area contributed by atoms with Gasteiger partial charge in [0.1, 0.15) is 11.6 Å². The SMILES string of the molecule is CCOC(=O)/C=C/c1c([C@@H](C)OC[C@H](O)CN2CCC[C@H]2Cc2ccc(C)c(F)c2)ccc(C)c1F. The molecule has 0 aliphatic carbocycles. The molecule has 0 radical (unpaired) electrons. The highest BCUT2D eigenvalue weighted by molar-refractivity contribution is 5.87. The van der Waals surface area contributed by atoms with Gasteiger partial charge in [0, 0.05) is 24.2 Å². The van der Waals surface area contributed by atoms with Crippen LogP contribution in [0, 0.1) is 25.5 Å².